The molecule has 0 bridgehead atoms. The fourth-order valence-corrected chi connectivity index (χ4v) is 1.83. The van der Waals surface area contributed by atoms with Gasteiger partial charge in [-0.25, -0.2) is 4.79 Å². The first-order valence-electron chi connectivity index (χ1n) is 6.40. The molecule has 0 aromatic heterocycles. The van der Waals surface area contributed by atoms with Gasteiger partial charge in [0.15, 0.2) is 6.10 Å². The van der Waals surface area contributed by atoms with E-state index < -0.39 is 23.8 Å². The Balaban J connectivity index is 3.44. The quantitative estimate of drug-likeness (QED) is 0.807. The molecule has 120 valence electrons. The minimum Gasteiger partial charge on any atom is -0.479 e. The predicted octanol–water partition coefficient (Wildman–Crippen LogP) is 4.00. The zero-order valence-corrected chi connectivity index (χ0v) is 12.3. The average Bonchev–Trinajstić information content (AvgIpc) is 2.39. The van der Waals surface area contributed by atoms with Crippen molar-refractivity contribution >= 4 is 17.3 Å². The van der Waals surface area contributed by atoms with Crippen LogP contribution in [0.4, 0.5) is 13.2 Å². The van der Waals surface area contributed by atoms with Gasteiger partial charge in [-0.3, -0.25) is 0 Å². The molecule has 4 nitrogen and oxygen atoms in total. The van der Waals surface area contributed by atoms with Crippen molar-refractivity contribution in [2.45, 2.75) is 33.1 Å². The zero-order chi connectivity index (χ0) is 17.1. The normalized spacial score (nSPS) is 13.6. The topological polar surface area (TPSA) is 70.4 Å². The molecule has 0 aliphatic carbocycles. The lowest BCUT2D eigenvalue weighted by atomic mass is 9.98. The third-order valence-corrected chi connectivity index (χ3v) is 2.94. The highest BCUT2D eigenvalue weighted by atomic mass is 19.4. The molecule has 2 N–H and O–H groups in total. The molecule has 1 atom stereocenters. The monoisotopic (exact) mass is 315 g/mol. The third kappa shape index (κ3) is 4.09. The van der Waals surface area contributed by atoms with E-state index in [4.69, 9.17) is 15.3 Å². The molecule has 0 amide bonds. The summed E-state index contributed by atoms with van der Waals surface area (Å²) < 4.78 is 43.8. The number of hydrogen-bond donors (Lipinski definition) is 2. The van der Waals surface area contributed by atoms with Crippen molar-refractivity contribution < 1.29 is 27.8 Å². The van der Waals surface area contributed by atoms with Gasteiger partial charge in [-0.05, 0) is 39.0 Å². The van der Waals surface area contributed by atoms with Crippen LogP contribution in [0.3, 0.4) is 0 Å². The highest BCUT2D eigenvalue weighted by molar-refractivity contribution is 6.21. The second-order valence-corrected chi connectivity index (χ2v) is 4.63. The van der Waals surface area contributed by atoms with Crippen LogP contribution in [0.2, 0.25) is 0 Å². The number of ether oxygens (including phenoxy) is 1. The smallest absolute Gasteiger partial charge is 0.416 e. The maximum atomic E-state index is 12.9. The van der Waals surface area contributed by atoms with Crippen molar-refractivity contribution in [1.82, 2.24) is 0 Å². The summed E-state index contributed by atoms with van der Waals surface area (Å²) in [6.07, 6.45) is -4.28. The molecule has 1 unspecified atom stereocenters. The first-order chi connectivity index (χ1) is 10.1. The third-order valence-electron chi connectivity index (χ3n) is 2.94. The Hall–Kier alpha value is -2.31. The molecule has 0 saturated heterocycles. The van der Waals surface area contributed by atoms with Gasteiger partial charge in [-0.1, -0.05) is 6.08 Å². The van der Waals surface area contributed by atoms with E-state index in [1.165, 1.54) is 19.9 Å². The molecule has 0 spiro atoms. The first-order valence-corrected chi connectivity index (χ1v) is 6.40. The van der Waals surface area contributed by atoms with E-state index in [1.54, 1.807) is 6.92 Å². The Morgan fingerprint density at radius 3 is 2.41 bits per heavy atom. The average molecular weight is 315 g/mol. The van der Waals surface area contributed by atoms with Gasteiger partial charge < -0.3 is 15.3 Å². The molecule has 0 fully saturated rings. The van der Waals surface area contributed by atoms with Crippen LogP contribution >= 0.6 is 0 Å². The maximum Gasteiger partial charge on any atom is 0.416 e. The second-order valence-electron chi connectivity index (χ2n) is 4.63. The standard InChI is InChI=1S/C15H16F3NO3/c1-4-11(8(2)19)12-7-10(15(16,17)18)5-6-13(12)22-9(3)14(20)21/h4-7,9,19H,1-3H3,(H,20,21)/b11-4-,19-8?. The molecule has 1 rings (SSSR count). The molecule has 7 heteroatoms. The molecule has 0 saturated carbocycles. The van der Waals surface area contributed by atoms with Gasteiger partial charge in [0.25, 0.3) is 0 Å². The summed E-state index contributed by atoms with van der Waals surface area (Å²) in [4.78, 5) is 10.9. The SMILES string of the molecule is C/C=C(/C(C)=N)c1cc(C(F)(F)F)ccc1OC(C)C(=O)O. The van der Waals surface area contributed by atoms with Crippen LogP contribution < -0.4 is 4.74 Å². The van der Waals surface area contributed by atoms with Crippen molar-refractivity contribution in [1.29, 1.82) is 5.41 Å². The number of allylic oxidation sites excluding steroid dienone is 2. The molecular formula is C15H16F3NO3. The fourth-order valence-electron chi connectivity index (χ4n) is 1.83. The molecule has 1 aromatic carbocycles. The van der Waals surface area contributed by atoms with Crippen molar-refractivity contribution in [2.24, 2.45) is 0 Å². The van der Waals surface area contributed by atoms with E-state index >= 15 is 0 Å². The van der Waals surface area contributed by atoms with E-state index in [2.05, 4.69) is 0 Å². The van der Waals surface area contributed by atoms with Gasteiger partial charge in [0.1, 0.15) is 5.75 Å². The van der Waals surface area contributed by atoms with Crippen LogP contribution in [-0.2, 0) is 11.0 Å². The molecule has 0 aliphatic rings. The molecule has 1 aromatic rings. The number of alkyl halides is 3. The molecular weight excluding hydrogens is 299 g/mol. The van der Waals surface area contributed by atoms with Crippen LogP contribution in [0.25, 0.3) is 5.57 Å². The van der Waals surface area contributed by atoms with Crippen molar-refractivity contribution in [3.8, 4) is 5.75 Å². The highest BCUT2D eigenvalue weighted by Gasteiger charge is 2.32. The second kappa shape index (κ2) is 6.64. The van der Waals surface area contributed by atoms with Gasteiger partial charge >= 0.3 is 12.1 Å². The largest absolute Gasteiger partial charge is 0.479 e. The molecule has 0 aliphatic heterocycles. The number of carbonyl (C=O) groups is 1. The van der Waals surface area contributed by atoms with Crippen molar-refractivity contribution in [3.05, 3.63) is 35.4 Å². The van der Waals surface area contributed by atoms with E-state index in [-0.39, 0.29) is 22.6 Å². The van der Waals surface area contributed by atoms with Crippen molar-refractivity contribution in [2.75, 3.05) is 0 Å². The van der Waals surface area contributed by atoms with E-state index in [9.17, 15) is 18.0 Å². The Morgan fingerprint density at radius 1 is 1.41 bits per heavy atom. The van der Waals surface area contributed by atoms with E-state index in [0.717, 1.165) is 18.2 Å². The first kappa shape index (κ1) is 17.7. The summed E-state index contributed by atoms with van der Waals surface area (Å²) in [6.45, 7) is 4.29. The number of aliphatic carboxylic acids is 1. The Kier molecular flexibility index (Phi) is 5.35. The summed E-state index contributed by atoms with van der Waals surface area (Å²) in [5.41, 5.74) is -0.551. The minimum atomic E-state index is -4.54. The zero-order valence-electron chi connectivity index (χ0n) is 12.3. The number of carboxylic acid groups (broad SMARTS) is 1. The maximum absolute atomic E-state index is 12.9. The lowest BCUT2D eigenvalue weighted by Gasteiger charge is -2.18. The summed E-state index contributed by atoms with van der Waals surface area (Å²) >= 11 is 0. The summed E-state index contributed by atoms with van der Waals surface area (Å²) in [5, 5.41) is 16.5. The Bertz CT molecular complexity index is 621. The predicted molar refractivity (Wildman–Crippen MR) is 76.2 cm³/mol. The van der Waals surface area contributed by atoms with Crippen molar-refractivity contribution in [3.63, 3.8) is 0 Å². The van der Waals surface area contributed by atoms with Gasteiger partial charge in [-0.15, -0.1) is 0 Å². The number of halogens is 3. The lowest BCUT2D eigenvalue weighted by molar-refractivity contribution is -0.144. The van der Waals surface area contributed by atoms with Crippen LogP contribution in [0.1, 0.15) is 31.9 Å². The lowest BCUT2D eigenvalue weighted by Crippen LogP contribution is -2.23. The van der Waals surface area contributed by atoms with Gasteiger partial charge in [0, 0.05) is 16.8 Å². The molecule has 22 heavy (non-hydrogen) atoms. The Morgan fingerprint density at radius 2 is 2.00 bits per heavy atom. The van der Waals surface area contributed by atoms with E-state index in [0.29, 0.717) is 0 Å². The fraction of sp³-hybridized carbons (Fsp3) is 0.333. The number of rotatable bonds is 5. The van der Waals surface area contributed by atoms with Gasteiger partial charge in [-0.2, -0.15) is 13.2 Å². The number of nitrogens with one attached hydrogen (secondary N) is 1. The van der Waals surface area contributed by atoms with Crippen LogP contribution in [0.5, 0.6) is 5.75 Å². The number of hydrogen-bond acceptors (Lipinski definition) is 3. The molecule has 0 radical (unpaired) electrons. The Labute approximate surface area is 125 Å². The van der Waals surface area contributed by atoms with Crippen LogP contribution in [0.15, 0.2) is 24.3 Å². The summed E-state index contributed by atoms with van der Waals surface area (Å²) in [7, 11) is 0. The van der Waals surface area contributed by atoms with Gasteiger partial charge in [0.2, 0.25) is 0 Å². The van der Waals surface area contributed by atoms with Gasteiger partial charge in [0.05, 0.1) is 5.56 Å². The number of benzene rings is 1. The minimum absolute atomic E-state index is 0.0115. The number of carboxylic acids is 1. The van der Waals surface area contributed by atoms with E-state index in [1.807, 2.05) is 0 Å². The highest BCUT2D eigenvalue weighted by Crippen LogP contribution is 2.36. The van der Waals surface area contributed by atoms with Crippen LogP contribution in [-0.4, -0.2) is 22.9 Å². The summed E-state index contributed by atoms with van der Waals surface area (Å²) in [6, 6.07) is 2.75. The van der Waals surface area contributed by atoms with Crippen LogP contribution in [0, 0.1) is 5.41 Å². The summed E-state index contributed by atoms with van der Waals surface area (Å²) in [5.74, 6) is -1.25. The molecule has 0 heterocycles.